The Labute approximate surface area is 157 Å². The van der Waals surface area contributed by atoms with Gasteiger partial charge in [0.05, 0.1) is 17.3 Å². The van der Waals surface area contributed by atoms with Crippen molar-refractivity contribution >= 4 is 45.3 Å². The molecule has 0 saturated carbocycles. The molecule has 0 aliphatic carbocycles. The van der Waals surface area contributed by atoms with E-state index in [1.165, 1.54) is 6.07 Å². The van der Waals surface area contributed by atoms with Gasteiger partial charge in [-0.2, -0.15) is 0 Å². The second-order valence-corrected chi connectivity index (χ2v) is 6.22. The van der Waals surface area contributed by atoms with E-state index in [0.717, 1.165) is 4.47 Å². The molecule has 25 heavy (non-hydrogen) atoms. The highest BCUT2D eigenvalue weighted by molar-refractivity contribution is 9.10. The molecular formula is C16H15BrClNO6. The molecule has 2 aromatic rings. The predicted molar refractivity (Wildman–Crippen MR) is 94.2 cm³/mol. The van der Waals surface area contributed by atoms with Gasteiger partial charge in [0.1, 0.15) is 11.5 Å². The highest BCUT2D eigenvalue weighted by atomic mass is 79.9. The molecule has 0 aliphatic rings. The summed E-state index contributed by atoms with van der Waals surface area (Å²) in [5, 5.41) is 12.6. The molecule has 0 radical (unpaired) electrons. The van der Waals surface area contributed by atoms with E-state index in [1.807, 2.05) is 0 Å². The highest BCUT2D eigenvalue weighted by Gasteiger charge is 2.27. The van der Waals surface area contributed by atoms with Gasteiger partial charge in [0.25, 0.3) is 0 Å². The Kier molecular flexibility index (Phi) is 6.33. The Bertz CT molecular complexity index is 791. The van der Waals surface area contributed by atoms with Crippen molar-refractivity contribution in [2.75, 3.05) is 11.9 Å². The van der Waals surface area contributed by atoms with Crippen molar-refractivity contribution in [1.29, 1.82) is 0 Å². The first kappa shape index (κ1) is 19.1. The summed E-state index contributed by atoms with van der Waals surface area (Å²) < 4.78 is 15.8. The fourth-order valence-electron chi connectivity index (χ4n) is 1.98. The lowest BCUT2D eigenvalue weighted by Crippen LogP contribution is -2.20. The third-order valence-corrected chi connectivity index (χ3v) is 3.92. The van der Waals surface area contributed by atoms with Crippen LogP contribution in [0.3, 0.4) is 0 Å². The second-order valence-electron chi connectivity index (χ2n) is 4.89. The van der Waals surface area contributed by atoms with Crippen LogP contribution in [0, 0.1) is 6.92 Å². The number of hydrogen-bond donors (Lipinski definition) is 2. The van der Waals surface area contributed by atoms with Crippen molar-refractivity contribution in [3.63, 3.8) is 0 Å². The Morgan fingerprint density at radius 3 is 2.72 bits per heavy atom. The van der Waals surface area contributed by atoms with Crippen LogP contribution in [0.2, 0.25) is 5.02 Å². The van der Waals surface area contributed by atoms with Crippen LogP contribution >= 0.6 is 27.5 Å². The summed E-state index contributed by atoms with van der Waals surface area (Å²) in [5.74, 6) is -0.792. The van der Waals surface area contributed by atoms with Gasteiger partial charge in [-0.1, -0.05) is 27.5 Å². The number of hydrogen-bond acceptors (Lipinski definition) is 6. The third-order valence-electron chi connectivity index (χ3n) is 3.11. The van der Waals surface area contributed by atoms with E-state index in [1.54, 1.807) is 32.0 Å². The number of ether oxygens (including phenoxy) is 2. The highest BCUT2D eigenvalue weighted by Crippen LogP contribution is 2.32. The van der Waals surface area contributed by atoms with Crippen molar-refractivity contribution in [1.82, 2.24) is 0 Å². The average Bonchev–Trinajstić information content (AvgIpc) is 2.86. The normalized spacial score (nSPS) is 11.7. The Hall–Kier alpha value is -2.19. The molecule has 1 atom stereocenters. The van der Waals surface area contributed by atoms with Crippen LogP contribution in [0.4, 0.5) is 10.5 Å². The van der Waals surface area contributed by atoms with Gasteiger partial charge in [-0.15, -0.1) is 0 Å². The first-order chi connectivity index (χ1) is 11.8. The van der Waals surface area contributed by atoms with E-state index in [2.05, 4.69) is 26.0 Å². The topological polar surface area (TPSA) is 98.0 Å². The summed E-state index contributed by atoms with van der Waals surface area (Å²) in [6, 6.07) is 5.08. The van der Waals surface area contributed by atoms with Gasteiger partial charge >= 0.3 is 12.1 Å². The smallest absolute Gasteiger partial charge is 0.479 e. The largest absolute Gasteiger partial charge is 0.513 e. The van der Waals surface area contributed by atoms with E-state index in [-0.39, 0.29) is 23.9 Å². The lowest BCUT2D eigenvalue weighted by atomic mass is 10.2. The van der Waals surface area contributed by atoms with Crippen LogP contribution < -0.4 is 10.1 Å². The standard InChI is InChI=1S/C16H15BrClNO6/c1-3-23-16(22)25-12-7-13(24-8(12)2)14(15(20)21)19-11-5-4-9(17)6-10(11)18/h4-7,14,19H,3H2,1-2H3,(H,20,21). The number of anilines is 1. The second kappa shape index (κ2) is 8.26. The van der Waals surface area contributed by atoms with Crippen molar-refractivity contribution in [3.8, 4) is 5.75 Å². The minimum absolute atomic E-state index is 0.0586. The predicted octanol–water partition coefficient (Wildman–Crippen LogP) is 4.78. The van der Waals surface area contributed by atoms with Gasteiger partial charge < -0.3 is 24.3 Å². The van der Waals surface area contributed by atoms with Gasteiger partial charge in [0, 0.05) is 10.5 Å². The molecule has 0 bridgehead atoms. The van der Waals surface area contributed by atoms with E-state index in [0.29, 0.717) is 10.7 Å². The molecule has 0 saturated heterocycles. The lowest BCUT2D eigenvalue weighted by molar-refractivity contribution is -0.138. The van der Waals surface area contributed by atoms with E-state index in [9.17, 15) is 14.7 Å². The molecule has 2 rings (SSSR count). The maximum absolute atomic E-state index is 11.6. The van der Waals surface area contributed by atoms with Gasteiger partial charge in [-0.25, -0.2) is 9.59 Å². The summed E-state index contributed by atoms with van der Waals surface area (Å²) in [4.78, 5) is 23.0. The Morgan fingerprint density at radius 2 is 2.12 bits per heavy atom. The van der Waals surface area contributed by atoms with Crippen LogP contribution in [-0.2, 0) is 9.53 Å². The summed E-state index contributed by atoms with van der Waals surface area (Å²) in [6.45, 7) is 3.34. The van der Waals surface area contributed by atoms with Crippen LogP contribution in [0.15, 0.2) is 33.2 Å². The van der Waals surface area contributed by atoms with E-state index < -0.39 is 18.2 Å². The zero-order chi connectivity index (χ0) is 18.6. The molecule has 0 spiro atoms. The molecule has 134 valence electrons. The molecule has 0 fully saturated rings. The first-order valence-electron chi connectivity index (χ1n) is 7.21. The minimum atomic E-state index is -1.23. The van der Waals surface area contributed by atoms with Crippen molar-refractivity contribution < 1.29 is 28.6 Å². The number of aliphatic carboxylic acids is 1. The Balaban J connectivity index is 2.25. The number of carboxylic acid groups (broad SMARTS) is 1. The zero-order valence-corrected chi connectivity index (χ0v) is 15.7. The molecule has 1 aromatic carbocycles. The molecule has 2 N–H and O–H groups in total. The molecule has 1 heterocycles. The van der Waals surface area contributed by atoms with Crippen molar-refractivity contribution in [2.24, 2.45) is 0 Å². The summed E-state index contributed by atoms with van der Waals surface area (Å²) >= 11 is 9.38. The van der Waals surface area contributed by atoms with Crippen LogP contribution in [0.5, 0.6) is 5.75 Å². The molecule has 9 heteroatoms. The maximum Gasteiger partial charge on any atom is 0.513 e. The molecule has 7 nitrogen and oxygen atoms in total. The van der Waals surface area contributed by atoms with E-state index in [4.69, 9.17) is 20.8 Å². The minimum Gasteiger partial charge on any atom is -0.479 e. The number of carbonyl (C=O) groups is 2. The van der Waals surface area contributed by atoms with Gasteiger partial charge in [-0.3, -0.25) is 0 Å². The van der Waals surface area contributed by atoms with Gasteiger partial charge in [-0.05, 0) is 32.0 Å². The van der Waals surface area contributed by atoms with E-state index >= 15 is 0 Å². The molecular weight excluding hydrogens is 418 g/mol. The number of nitrogens with one attached hydrogen (secondary N) is 1. The average molecular weight is 433 g/mol. The zero-order valence-electron chi connectivity index (χ0n) is 13.3. The summed E-state index contributed by atoms with van der Waals surface area (Å²) in [5.41, 5.74) is 0.416. The van der Waals surface area contributed by atoms with Crippen LogP contribution in [0.25, 0.3) is 0 Å². The number of furan rings is 1. The van der Waals surface area contributed by atoms with Crippen molar-refractivity contribution in [2.45, 2.75) is 19.9 Å². The molecule has 1 unspecified atom stereocenters. The van der Waals surface area contributed by atoms with Gasteiger partial charge in [0.15, 0.2) is 11.8 Å². The lowest BCUT2D eigenvalue weighted by Gasteiger charge is -2.14. The number of carbonyl (C=O) groups excluding carboxylic acids is 1. The van der Waals surface area contributed by atoms with Crippen LogP contribution in [0.1, 0.15) is 24.5 Å². The molecule has 0 amide bonds. The van der Waals surface area contributed by atoms with Crippen LogP contribution in [-0.4, -0.2) is 23.8 Å². The quantitative estimate of drug-likeness (QED) is 0.634. The summed E-state index contributed by atoms with van der Waals surface area (Å²) in [7, 11) is 0. The SMILES string of the molecule is CCOC(=O)Oc1cc(C(Nc2ccc(Br)cc2Cl)C(=O)O)oc1C. The first-order valence-corrected chi connectivity index (χ1v) is 8.38. The Morgan fingerprint density at radius 1 is 1.40 bits per heavy atom. The van der Waals surface area contributed by atoms with Crippen molar-refractivity contribution in [3.05, 3.63) is 45.3 Å². The number of aryl methyl sites for hydroxylation is 1. The number of carboxylic acids is 1. The number of benzene rings is 1. The fourth-order valence-corrected chi connectivity index (χ4v) is 2.71. The van der Waals surface area contributed by atoms with Gasteiger partial charge in [0.2, 0.25) is 0 Å². The maximum atomic E-state index is 11.6. The number of halogens is 2. The monoisotopic (exact) mass is 431 g/mol. The number of rotatable bonds is 6. The molecule has 0 aliphatic heterocycles. The molecule has 1 aromatic heterocycles. The summed E-state index contributed by atoms with van der Waals surface area (Å²) in [6.07, 6.45) is -0.895. The third kappa shape index (κ3) is 4.90. The fraction of sp³-hybridized carbons (Fsp3) is 0.250.